The van der Waals surface area contributed by atoms with E-state index in [4.69, 9.17) is 4.98 Å². The van der Waals surface area contributed by atoms with Crippen molar-refractivity contribution in [3.63, 3.8) is 0 Å². The number of imidazole rings is 1. The van der Waals surface area contributed by atoms with Crippen molar-refractivity contribution >= 4 is 11.0 Å². The van der Waals surface area contributed by atoms with Gasteiger partial charge in [-0.15, -0.1) is 0 Å². The highest BCUT2D eigenvalue weighted by molar-refractivity contribution is 5.76. The van der Waals surface area contributed by atoms with E-state index in [1.807, 2.05) is 6.07 Å². The molecular formula is C23H29FN4. The van der Waals surface area contributed by atoms with E-state index in [0.29, 0.717) is 6.04 Å². The largest absolute Gasteiger partial charge is 0.325 e. The minimum atomic E-state index is -0.187. The van der Waals surface area contributed by atoms with Gasteiger partial charge < -0.3 is 9.88 Å². The van der Waals surface area contributed by atoms with Crippen LogP contribution in [0.25, 0.3) is 11.0 Å². The van der Waals surface area contributed by atoms with Crippen molar-refractivity contribution in [1.29, 1.82) is 0 Å². The van der Waals surface area contributed by atoms with Gasteiger partial charge in [-0.25, -0.2) is 9.37 Å². The SMILES string of the molecule is CCNCCc1nc2ccc(F)cc2n1C1CCN(Cc2ccccc2)CC1. The normalized spacial score (nSPS) is 16.1. The van der Waals surface area contributed by atoms with Gasteiger partial charge >= 0.3 is 0 Å². The van der Waals surface area contributed by atoms with Crippen molar-refractivity contribution in [2.24, 2.45) is 0 Å². The molecule has 0 spiro atoms. The molecule has 0 bridgehead atoms. The third kappa shape index (κ3) is 4.26. The Kier molecular flexibility index (Phi) is 6.03. The molecule has 0 saturated carbocycles. The molecule has 4 rings (SSSR count). The zero-order valence-corrected chi connectivity index (χ0v) is 16.6. The minimum Gasteiger partial charge on any atom is -0.325 e. The summed E-state index contributed by atoms with van der Waals surface area (Å²) in [5.41, 5.74) is 3.20. The summed E-state index contributed by atoms with van der Waals surface area (Å²) < 4.78 is 16.3. The van der Waals surface area contributed by atoms with Gasteiger partial charge in [-0.1, -0.05) is 37.3 Å². The average Bonchev–Trinajstić information content (AvgIpc) is 3.07. The highest BCUT2D eigenvalue weighted by Gasteiger charge is 2.24. The van der Waals surface area contributed by atoms with Gasteiger partial charge in [0.25, 0.3) is 0 Å². The van der Waals surface area contributed by atoms with E-state index in [9.17, 15) is 4.39 Å². The number of nitrogens with one attached hydrogen (secondary N) is 1. The summed E-state index contributed by atoms with van der Waals surface area (Å²) in [6.45, 7) is 7.07. The predicted molar refractivity (Wildman–Crippen MR) is 112 cm³/mol. The number of aromatic nitrogens is 2. The maximum Gasteiger partial charge on any atom is 0.125 e. The van der Waals surface area contributed by atoms with Gasteiger partial charge in [-0.05, 0) is 43.1 Å². The molecule has 1 aliphatic rings. The molecule has 1 aliphatic heterocycles. The number of nitrogens with zero attached hydrogens (tertiary/aromatic N) is 3. The van der Waals surface area contributed by atoms with Crippen LogP contribution < -0.4 is 5.32 Å². The van der Waals surface area contributed by atoms with Crippen LogP contribution in [0.1, 0.15) is 37.2 Å². The van der Waals surface area contributed by atoms with Gasteiger partial charge in [-0.3, -0.25) is 4.90 Å². The van der Waals surface area contributed by atoms with E-state index in [1.54, 1.807) is 6.07 Å². The molecule has 1 N–H and O–H groups in total. The first-order valence-electron chi connectivity index (χ1n) is 10.4. The van der Waals surface area contributed by atoms with Gasteiger partial charge in [0.1, 0.15) is 11.6 Å². The standard InChI is InChI=1S/C23H29FN4/c1-2-25-13-10-23-26-21-9-8-19(24)16-22(21)28(23)20-11-14-27(15-12-20)17-18-6-4-3-5-7-18/h3-9,16,20,25H,2,10-15,17H2,1H3. The molecule has 3 aromatic rings. The first-order chi connectivity index (χ1) is 13.7. The third-order valence-electron chi connectivity index (χ3n) is 5.67. The van der Waals surface area contributed by atoms with Crippen LogP contribution >= 0.6 is 0 Å². The Balaban J connectivity index is 1.51. The molecule has 2 aromatic carbocycles. The van der Waals surface area contributed by atoms with E-state index in [1.165, 1.54) is 11.6 Å². The highest BCUT2D eigenvalue weighted by atomic mass is 19.1. The van der Waals surface area contributed by atoms with Crippen LogP contribution in [-0.2, 0) is 13.0 Å². The molecular weight excluding hydrogens is 351 g/mol. The van der Waals surface area contributed by atoms with Crippen LogP contribution in [-0.4, -0.2) is 40.6 Å². The molecule has 148 valence electrons. The Morgan fingerprint density at radius 3 is 2.64 bits per heavy atom. The van der Waals surface area contributed by atoms with Gasteiger partial charge in [0, 0.05) is 38.6 Å². The zero-order chi connectivity index (χ0) is 19.3. The van der Waals surface area contributed by atoms with Crippen LogP contribution in [0.3, 0.4) is 0 Å². The summed E-state index contributed by atoms with van der Waals surface area (Å²) in [5.74, 6) is 0.886. The van der Waals surface area contributed by atoms with E-state index in [2.05, 4.69) is 52.0 Å². The van der Waals surface area contributed by atoms with Gasteiger partial charge in [0.2, 0.25) is 0 Å². The number of hydrogen-bond acceptors (Lipinski definition) is 3. The number of hydrogen-bond donors (Lipinski definition) is 1. The molecule has 1 aromatic heterocycles. The van der Waals surface area contributed by atoms with Crippen LogP contribution in [0.4, 0.5) is 4.39 Å². The van der Waals surface area contributed by atoms with Crippen LogP contribution in [0.15, 0.2) is 48.5 Å². The van der Waals surface area contributed by atoms with Crippen LogP contribution in [0.2, 0.25) is 0 Å². The molecule has 0 radical (unpaired) electrons. The second-order valence-corrected chi connectivity index (χ2v) is 7.63. The molecule has 1 saturated heterocycles. The molecule has 1 fully saturated rings. The second-order valence-electron chi connectivity index (χ2n) is 7.63. The fourth-order valence-corrected chi connectivity index (χ4v) is 4.25. The minimum absolute atomic E-state index is 0.187. The molecule has 0 amide bonds. The van der Waals surface area contributed by atoms with Gasteiger partial charge in [0.15, 0.2) is 0 Å². The molecule has 5 heteroatoms. The number of rotatable bonds is 7. The van der Waals surface area contributed by atoms with Crippen molar-refractivity contribution in [2.45, 2.75) is 38.8 Å². The van der Waals surface area contributed by atoms with E-state index in [0.717, 1.165) is 68.8 Å². The first kappa shape index (κ1) is 19.1. The smallest absolute Gasteiger partial charge is 0.125 e. The van der Waals surface area contributed by atoms with Gasteiger partial charge in [0.05, 0.1) is 11.0 Å². The van der Waals surface area contributed by atoms with Crippen LogP contribution in [0, 0.1) is 5.82 Å². The molecule has 2 heterocycles. The lowest BCUT2D eigenvalue weighted by Gasteiger charge is -2.33. The first-order valence-corrected chi connectivity index (χ1v) is 10.4. The lowest BCUT2D eigenvalue weighted by Crippen LogP contribution is -2.34. The van der Waals surface area contributed by atoms with Crippen molar-refractivity contribution in [2.75, 3.05) is 26.2 Å². The maximum absolute atomic E-state index is 13.9. The maximum atomic E-state index is 13.9. The number of likely N-dealkylation sites (N-methyl/N-ethyl adjacent to an activating group) is 1. The average molecular weight is 381 g/mol. The quantitative estimate of drug-likeness (QED) is 0.625. The van der Waals surface area contributed by atoms with Crippen molar-refractivity contribution in [3.8, 4) is 0 Å². The van der Waals surface area contributed by atoms with Crippen LogP contribution in [0.5, 0.6) is 0 Å². The topological polar surface area (TPSA) is 33.1 Å². The summed E-state index contributed by atoms with van der Waals surface area (Å²) in [6.07, 6.45) is 3.01. The number of benzene rings is 2. The molecule has 0 unspecified atom stereocenters. The Hall–Kier alpha value is -2.24. The second kappa shape index (κ2) is 8.84. The summed E-state index contributed by atoms with van der Waals surface area (Å²) in [5, 5.41) is 3.38. The van der Waals surface area contributed by atoms with E-state index < -0.39 is 0 Å². The van der Waals surface area contributed by atoms with E-state index in [-0.39, 0.29) is 5.82 Å². The Morgan fingerprint density at radius 1 is 1.11 bits per heavy atom. The van der Waals surface area contributed by atoms with Crippen molar-refractivity contribution < 1.29 is 4.39 Å². The molecule has 28 heavy (non-hydrogen) atoms. The van der Waals surface area contributed by atoms with Gasteiger partial charge in [-0.2, -0.15) is 0 Å². The number of likely N-dealkylation sites (tertiary alicyclic amines) is 1. The Morgan fingerprint density at radius 2 is 1.89 bits per heavy atom. The Bertz CT molecular complexity index is 898. The van der Waals surface area contributed by atoms with Crippen molar-refractivity contribution in [3.05, 3.63) is 65.7 Å². The molecule has 0 aliphatic carbocycles. The lowest BCUT2D eigenvalue weighted by molar-refractivity contribution is 0.180. The number of piperidine rings is 1. The summed E-state index contributed by atoms with van der Waals surface area (Å²) in [6, 6.07) is 16.0. The van der Waals surface area contributed by atoms with Crippen molar-refractivity contribution in [1.82, 2.24) is 19.8 Å². The molecule has 4 nitrogen and oxygen atoms in total. The summed E-state index contributed by atoms with van der Waals surface area (Å²) in [7, 11) is 0. The summed E-state index contributed by atoms with van der Waals surface area (Å²) in [4.78, 5) is 7.35. The number of halogens is 1. The Labute approximate surface area is 166 Å². The summed E-state index contributed by atoms with van der Waals surface area (Å²) >= 11 is 0. The highest BCUT2D eigenvalue weighted by Crippen LogP contribution is 2.30. The fraction of sp³-hybridized carbons (Fsp3) is 0.435. The lowest BCUT2D eigenvalue weighted by atomic mass is 10.0. The zero-order valence-electron chi connectivity index (χ0n) is 16.6. The fourth-order valence-electron chi connectivity index (χ4n) is 4.25. The van der Waals surface area contributed by atoms with E-state index >= 15 is 0 Å². The number of fused-ring (bicyclic) bond motifs is 1. The molecule has 0 atom stereocenters. The predicted octanol–water partition coefficient (Wildman–Crippen LogP) is 4.16. The third-order valence-corrected chi connectivity index (χ3v) is 5.67. The monoisotopic (exact) mass is 380 g/mol.